The van der Waals surface area contributed by atoms with E-state index in [4.69, 9.17) is 0 Å². The lowest BCUT2D eigenvalue weighted by Crippen LogP contribution is -2.24. The van der Waals surface area contributed by atoms with Gasteiger partial charge in [-0.15, -0.1) is 5.10 Å². The molecular weight excluding hydrogens is 294 g/mol. The first-order chi connectivity index (χ1) is 11.1. The van der Waals surface area contributed by atoms with Crippen molar-refractivity contribution in [2.45, 2.75) is 13.5 Å². The number of fused-ring (bicyclic) bond motifs is 1. The van der Waals surface area contributed by atoms with Crippen molar-refractivity contribution in [3.8, 4) is 5.75 Å². The van der Waals surface area contributed by atoms with Crippen molar-refractivity contribution in [3.05, 3.63) is 54.1 Å². The number of hydrogen-bond acceptors (Lipinski definition) is 5. The Balaban J connectivity index is 1.70. The number of carbonyl (C=O) groups is 1. The highest BCUT2D eigenvalue weighted by Crippen LogP contribution is 2.16. The number of benzene rings is 2. The second kappa shape index (κ2) is 6.27. The van der Waals surface area contributed by atoms with Gasteiger partial charge in [0.25, 0.3) is 5.91 Å². The van der Waals surface area contributed by atoms with Gasteiger partial charge in [-0.1, -0.05) is 29.5 Å². The number of hydrazone groups is 1. The largest absolute Gasteiger partial charge is 0.507 e. The molecule has 2 aromatic carbocycles. The zero-order chi connectivity index (χ0) is 16.2. The highest BCUT2D eigenvalue weighted by molar-refractivity contribution is 6.01. The van der Waals surface area contributed by atoms with Gasteiger partial charge in [-0.25, -0.2) is 10.1 Å². The average Bonchev–Trinajstić information content (AvgIpc) is 2.96. The van der Waals surface area contributed by atoms with E-state index in [1.807, 2.05) is 24.3 Å². The molecule has 0 unspecified atom stereocenters. The lowest BCUT2D eigenvalue weighted by atomic mass is 10.1. The van der Waals surface area contributed by atoms with Crippen LogP contribution in [0.5, 0.6) is 5.75 Å². The number of nitrogens with one attached hydrogen (secondary N) is 1. The number of phenols is 1. The summed E-state index contributed by atoms with van der Waals surface area (Å²) in [6.45, 7) is 1.72. The number of aromatic nitrogens is 3. The van der Waals surface area contributed by atoms with Crippen LogP contribution in [0.4, 0.5) is 0 Å². The van der Waals surface area contributed by atoms with Crippen LogP contribution in [0.15, 0.2) is 53.6 Å². The maximum Gasteiger partial charge on any atom is 0.261 e. The Kier molecular flexibility index (Phi) is 4.01. The van der Waals surface area contributed by atoms with Gasteiger partial charge in [0.1, 0.15) is 17.8 Å². The van der Waals surface area contributed by atoms with Gasteiger partial charge in [0, 0.05) is 5.56 Å². The Morgan fingerprint density at radius 3 is 2.78 bits per heavy atom. The Morgan fingerprint density at radius 2 is 1.96 bits per heavy atom. The summed E-state index contributed by atoms with van der Waals surface area (Å²) in [7, 11) is 0. The predicted octanol–water partition coefficient (Wildman–Crippen LogP) is 1.68. The quantitative estimate of drug-likeness (QED) is 0.566. The van der Waals surface area contributed by atoms with Crippen molar-refractivity contribution in [3.63, 3.8) is 0 Å². The van der Waals surface area contributed by atoms with Gasteiger partial charge in [-0.2, -0.15) is 5.10 Å². The fourth-order valence-corrected chi connectivity index (χ4v) is 2.19. The fraction of sp³-hybridized carbons (Fsp3) is 0.125. The van der Waals surface area contributed by atoms with Crippen molar-refractivity contribution < 1.29 is 9.90 Å². The number of nitrogens with zero attached hydrogens (tertiary/aromatic N) is 4. The molecule has 0 atom stereocenters. The molecule has 1 amide bonds. The van der Waals surface area contributed by atoms with Gasteiger partial charge in [0.2, 0.25) is 0 Å². The zero-order valence-corrected chi connectivity index (χ0v) is 12.5. The standard InChI is InChI=1S/C16H15N5O2/c1-11(12-6-2-5-9-15(12)22)17-19-16(23)10-21-14-8-4-3-7-13(14)18-20-21/h2-9,22H,10H2,1H3,(H,19,23)/b17-11-. The van der Waals surface area contributed by atoms with Crippen LogP contribution in [0.3, 0.4) is 0 Å². The van der Waals surface area contributed by atoms with Crippen LogP contribution in [-0.4, -0.2) is 31.7 Å². The molecular formula is C16H15N5O2. The first kappa shape index (κ1) is 14.7. The molecule has 0 spiro atoms. The topological polar surface area (TPSA) is 92.4 Å². The highest BCUT2D eigenvalue weighted by Gasteiger charge is 2.09. The number of aromatic hydroxyl groups is 1. The maximum absolute atomic E-state index is 12.0. The minimum atomic E-state index is -0.324. The van der Waals surface area contributed by atoms with Crippen LogP contribution in [0.1, 0.15) is 12.5 Å². The number of carbonyl (C=O) groups excluding carboxylic acids is 1. The number of para-hydroxylation sites is 2. The summed E-state index contributed by atoms with van der Waals surface area (Å²) in [6, 6.07) is 14.2. The molecule has 2 N–H and O–H groups in total. The summed E-state index contributed by atoms with van der Waals surface area (Å²) in [4.78, 5) is 12.0. The van der Waals surface area contributed by atoms with E-state index in [0.29, 0.717) is 11.3 Å². The first-order valence-electron chi connectivity index (χ1n) is 7.05. The zero-order valence-electron chi connectivity index (χ0n) is 12.5. The molecule has 0 aliphatic carbocycles. The van der Waals surface area contributed by atoms with E-state index in [2.05, 4.69) is 20.8 Å². The molecule has 0 radical (unpaired) electrons. The first-order valence-corrected chi connectivity index (χ1v) is 7.05. The SMILES string of the molecule is C/C(=N/NC(=O)Cn1nnc2ccccc21)c1ccccc1O. The number of hydrogen-bond donors (Lipinski definition) is 2. The maximum atomic E-state index is 12.0. The Bertz CT molecular complexity index is 885. The normalized spacial score (nSPS) is 11.6. The van der Waals surface area contributed by atoms with Crippen LogP contribution in [0.25, 0.3) is 11.0 Å². The Morgan fingerprint density at radius 1 is 1.22 bits per heavy atom. The molecule has 1 aromatic heterocycles. The number of rotatable bonds is 4. The summed E-state index contributed by atoms with van der Waals surface area (Å²) in [5, 5.41) is 21.7. The Labute approximate surface area is 132 Å². The van der Waals surface area contributed by atoms with Gasteiger partial charge in [-0.3, -0.25) is 4.79 Å². The highest BCUT2D eigenvalue weighted by atomic mass is 16.3. The fourth-order valence-electron chi connectivity index (χ4n) is 2.19. The second-order valence-electron chi connectivity index (χ2n) is 4.99. The van der Waals surface area contributed by atoms with Gasteiger partial charge in [0.05, 0.1) is 11.2 Å². The van der Waals surface area contributed by atoms with E-state index in [1.165, 1.54) is 4.68 Å². The minimum absolute atomic E-state index is 0.0120. The Hall–Kier alpha value is -3.22. The van der Waals surface area contributed by atoms with E-state index in [9.17, 15) is 9.90 Å². The summed E-state index contributed by atoms with van der Waals surface area (Å²) in [5.41, 5.74) is 5.05. The van der Waals surface area contributed by atoms with Crippen LogP contribution >= 0.6 is 0 Å². The van der Waals surface area contributed by atoms with Gasteiger partial charge >= 0.3 is 0 Å². The molecule has 3 rings (SSSR count). The van der Waals surface area contributed by atoms with E-state index >= 15 is 0 Å². The molecule has 0 saturated carbocycles. The number of amides is 1. The van der Waals surface area contributed by atoms with E-state index < -0.39 is 0 Å². The van der Waals surface area contributed by atoms with Crippen molar-refractivity contribution in [1.29, 1.82) is 0 Å². The third-order valence-corrected chi connectivity index (χ3v) is 3.36. The molecule has 1 heterocycles. The van der Waals surface area contributed by atoms with Gasteiger partial charge in [-0.05, 0) is 31.2 Å². The summed E-state index contributed by atoms with van der Waals surface area (Å²) < 4.78 is 1.51. The third kappa shape index (κ3) is 3.18. The molecule has 7 nitrogen and oxygen atoms in total. The number of phenolic OH excluding ortho intramolecular Hbond substituents is 1. The summed E-state index contributed by atoms with van der Waals surface area (Å²) in [6.07, 6.45) is 0. The molecule has 0 saturated heterocycles. The molecule has 0 bridgehead atoms. The van der Waals surface area contributed by atoms with Crippen molar-refractivity contribution in [2.24, 2.45) is 5.10 Å². The van der Waals surface area contributed by atoms with Crippen LogP contribution in [0.2, 0.25) is 0 Å². The van der Waals surface area contributed by atoms with Crippen molar-refractivity contribution >= 4 is 22.7 Å². The van der Waals surface area contributed by atoms with Crippen LogP contribution in [0, 0.1) is 0 Å². The van der Waals surface area contributed by atoms with Crippen molar-refractivity contribution in [2.75, 3.05) is 0 Å². The lowest BCUT2D eigenvalue weighted by molar-refractivity contribution is -0.121. The molecule has 116 valence electrons. The van der Waals surface area contributed by atoms with Crippen LogP contribution in [-0.2, 0) is 11.3 Å². The van der Waals surface area contributed by atoms with Gasteiger partial charge < -0.3 is 5.11 Å². The van der Waals surface area contributed by atoms with Gasteiger partial charge in [0.15, 0.2) is 0 Å². The lowest BCUT2D eigenvalue weighted by Gasteiger charge is -2.05. The second-order valence-corrected chi connectivity index (χ2v) is 4.99. The van der Waals surface area contributed by atoms with Crippen molar-refractivity contribution in [1.82, 2.24) is 20.4 Å². The van der Waals surface area contributed by atoms with E-state index in [0.717, 1.165) is 11.0 Å². The summed E-state index contributed by atoms with van der Waals surface area (Å²) >= 11 is 0. The molecule has 0 aliphatic heterocycles. The molecule has 0 fully saturated rings. The third-order valence-electron chi connectivity index (χ3n) is 3.36. The predicted molar refractivity (Wildman–Crippen MR) is 86.0 cm³/mol. The van der Waals surface area contributed by atoms with E-state index in [1.54, 1.807) is 31.2 Å². The smallest absolute Gasteiger partial charge is 0.261 e. The molecule has 3 aromatic rings. The van der Waals surface area contributed by atoms with E-state index in [-0.39, 0.29) is 18.2 Å². The van der Waals surface area contributed by atoms with Crippen LogP contribution < -0.4 is 5.43 Å². The molecule has 7 heteroatoms. The monoisotopic (exact) mass is 309 g/mol. The molecule has 0 aliphatic rings. The minimum Gasteiger partial charge on any atom is -0.507 e. The average molecular weight is 309 g/mol. The summed E-state index contributed by atoms with van der Waals surface area (Å²) in [5.74, 6) is -0.208. The molecule has 23 heavy (non-hydrogen) atoms.